The minimum Gasteiger partial charge on any atom is -0.384 e. The van der Waals surface area contributed by atoms with Gasteiger partial charge in [-0.2, -0.15) is 0 Å². The third-order valence-corrected chi connectivity index (χ3v) is 4.25. The van der Waals surface area contributed by atoms with Gasteiger partial charge in [0, 0.05) is 36.8 Å². The maximum absolute atomic E-state index is 7.45. The molecule has 0 bridgehead atoms. The van der Waals surface area contributed by atoms with E-state index < -0.39 is 0 Å². The summed E-state index contributed by atoms with van der Waals surface area (Å²) in [4.78, 5) is 2.38. The number of piperidine rings is 1. The second-order valence-corrected chi connectivity index (χ2v) is 5.82. The number of nitrogens with two attached hydrogens (primary N) is 1. The zero-order valence-electron chi connectivity index (χ0n) is 11.2. The highest BCUT2D eigenvalue weighted by Crippen LogP contribution is 2.30. The summed E-state index contributed by atoms with van der Waals surface area (Å²) in [5, 5.41) is 7.45. The van der Waals surface area contributed by atoms with Crippen molar-refractivity contribution in [2.24, 2.45) is 11.7 Å². The molecule has 104 valence electrons. The van der Waals surface area contributed by atoms with E-state index in [0.717, 1.165) is 42.6 Å². The Morgan fingerprint density at radius 3 is 2.68 bits per heavy atom. The summed E-state index contributed by atoms with van der Waals surface area (Å²) in [7, 11) is 1.77. The first-order valence-corrected chi connectivity index (χ1v) is 7.29. The van der Waals surface area contributed by atoms with Gasteiger partial charge in [0.2, 0.25) is 0 Å². The molecule has 2 rings (SSSR count). The van der Waals surface area contributed by atoms with E-state index in [2.05, 4.69) is 20.8 Å². The number of halogens is 1. The Morgan fingerprint density at radius 2 is 2.16 bits per heavy atom. The zero-order valence-corrected chi connectivity index (χ0v) is 12.7. The average Bonchev–Trinajstić information content (AvgIpc) is 2.40. The largest absolute Gasteiger partial charge is 0.384 e. The van der Waals surface area contributed by atoms with Gasteiger partial charge in [0.15, 0.2) is 0 Å². The van der Waals surface area contributed by atoms with E-state index in [-0.39, 0.29) is 5.84 Å². The van der Waals surface area contributed by atoms with E-state index in [0.29, 0.717) is 5.92 Å². The van der Waals surface area contributed by atoms with Crippen LogP contribution in [0.1, 0.15) is 18.4 Å². The summed E-state index contributed by atoms with van der Waals surface area (Å²) in [6.07, 6.45) is 2.32. The van der Waals surface area contributed by atoms with Crippen molar-refractivity contribution < 1.29 is 4.74 Å². The first-order chi connectivity index (χ1) is 9.11. The van der Waals surface area contributed by atoms with Crippen LogP contribution in [0.2, 0.25) is 0 Å². The molecule has 0 aliphatic carbocycles. The van der Waals surface area contributed by atoms with Crippen LogP contribution in [-0.2, 0) is 4.74 Å². The summed E-state index contributed by atoms with van der Waals surface area (Å²) >= 11 is 3.58. The van der Waals surface area contributed by atoms with Crippen LogP contribution in [0, 0.1) is 11.3 Å². The topological polar surface area (TPSA) is 62.3 Å². The van der Waals surface area contributed by atoms with Crippen LogP contribution in [0.5, 0.6) is 0 Å². The normalized spacial score (nSPS) is 16.6. The smallest absolute Gasteiger partial charge is 0.122 e. The molecular formula is C14H20BrN3O. The lowest BCUT2D eigenvalue weighted by Crippen LogP contribution is -2.35. The number of hydrogen-bond donors (Lipinski definition) is 2. The Balaban J connectivity index is 2.05. The number of nitrogens with one attached hydrogen (secondary N) is 1. The minimum absolute atomic E-state index is 0.103. The first kappa shape index (κ1) is 14.3. The SMILES string of the molecule is COCC1CCN(c2ccc(C(=N)N)cc2Br)CC1. The van der Waals surface area contributed by atoms with Crippen LogP contribution in [0.4, 0.5) is 5.69 Å². The van der Waals surface area contributed by atoms with Gasteiger partial charge in [0.05, 0.1) is 5.69 Å². The Morgan fingerprint density at radius 1 is 1.47 bits per heavy atom. The van der Waals surface area contributed by atoms with Crippen molar-refractivity contribution in [2.45, 2.75) is 12.8 Å². The lowest BCUT2D eigenvalue weighted by molar-refractivity contribution is 0.139. The maximum atomic E-state index is 7.45. The van der Waals surface area contributed by atoms with Crippen LogP contribution >= 0.6 is 15.9 Å². The van der Waals surface area contributed by atoms with Gasteiger partial charge in [-0.15, -0.1) is 0 Å². The number of nitrogens with zero attached hydrogens (tertiary/aromatic N) is 1. The maximum Gasteiger partial charge on any atom is 0.122 e. The Hall–Kier alpha value is -1.07. The van der Waals surface area contributed by atoms with Crippen molar-refractivity contribution in [1.82, 2.24) is 0 Å². The molecule has 19 heavy (non-hydrogen) atoms. The van der Waals surface area contributed by atoms with E-state index in [1.807, 2.05) is 18.2 Å². The molecule has 1 aromatic rings. The summed E-state index contributed by atoms with van der Waals surface area (Å²) in [6.45, 7) is 2.95. The molecule has 5 heteroatoms. The zero-order chi connectivity index (χ0) is 13.8. The van der Waals surface area contributed by atoms with E-state index in [1.54, 1.807) is 7.11 Å². The third kappa shape index (κ3) is 3.48. The van der Waals surface area contributed by atoms with Crippen molar-refractivity contribution in [3.8, 4) is 0 Å². The van der Waals surface area contributed by atoms with E-state index in [4.69, 9.17) is 15.9 Å². The minimum atomic E-state index is 0.103. The molecule has 1 fully saturated rings. The number of benzene rings is 1. The molecule has 3 N–H and O–H groups in total. The number of hydrogen-bond acceptors (Lipinski definition) is 3. The Labute approximate surface area is 122 Å². The fourth-order valence-electron chi connectivity index (χ4n) is 2.51. The third-order valence-electron chi connectivity index (χ3n) is 3.62. The summed E-state index contributed by atoms with van der Waals surface area (Å²) in [6, 6.07) is 5.86. The summed E-state index contributed by atoms with van der Waals surface area (Å²) in [5.74, 6) is 0.780. The highest BCUT2D eigenvalue weighted by atomic mass is 79.9. The second-order valence-electron chi connectivity index (χ2n) is 4.97. The average molecular weight is 326 g/mol. The molecule has 4 nitrogen and oxygen atoms in total. The second kappa shape index (κ2) is 6.39. The fraction of sp³-hybridized carbons (Fsp3) is 0.500. The fourth-order valence-corrected chi connectivity index (χ4v) is 3.14. The number of amidine groups is 1. The molecule has 0 radical (unpaired) electrons. The van der Waals surface area contributed by atoms with Gasteiger partial charge in [-0.25, -0.2) is 0 Å². The van der Waals surface area contributed by atoms with Gasteiger partial charge in [-0.1, -0.05) is 0 Å². The Bertz CT molecular complexity index is 456. The van der Waals surface area contributed by atoms with Gasteiger partial charge < -0.3 is 15.4 Å². The Kier molecular flexibility index (Phi) is 4.82. The predicted molar refractivity (Wildman–Crippen MR) is 82.0 cm³/mol. The molecule has 0 spiro atoms. The lowest BCUT2D eigenvalue weighted by atomic mass is 9.97. The van der Waals surface area contributed by atoms with Gasteiger partial charge in [-0.05, 0) is 52.9 Å². The van der Waals surface area contributed by atoms with Crippen molar-refractivity contribution in [1.29, 1.82) is 5.41 Å². The first-order valence-electron chi connectivity index (χ1n) is 6.49. The van der Waals surface area contributed by atoms with Crippen molar-refractivity contribution in [3.63, 3.8) is 0 Å². The van der Waals surface area contributed by atoms with E-state index in [1.165, 1.54) is 5.69 Å². The van der Waals surface area contributed by atoms with Crippen molar-refractivity contribution in [2.75, 3.05) is 31.7 Å². The molecular weight excluding hydrogens is 306 g/mol. The number of methoxy groups -OCH3 is 1. The molecule has 0 saturated carbocycles. The summed E-state index contributed by atoms with van der Waals surface area (Å²) in [5.41, 5.74) is 7.43. The van der Waals surface area contributed by atoms with Crippen LogP contribution in [0.15, 0.2) is 22.7 Å². The summed E-state index contributed by atoms with van der Waals surface area (Å²) < 4.78 is 6.23. The van der Waals surface area contributed by atoms with Gasteiger partial charge in [-0.3, -0.25) is 5.41 Å². The molecule has 1 saturated heterocycles. The highest BCUT2D eigenvalue weighted by molar-refractivity contribution is 9.10. The number of ether oxygens (including phenoxy) is 1. The van der Waals surface area contributed by atoms with Crippen LogP contribution in [0.25, 0.3) is 0 Å². The van der Waals surface area contributed by atoms with E-state index in [9.17, 15) is 0 Å². The number of anilines is 1. The van der Waals surface area contributed by atoms with Gasteiger partial charge >= 0.3 is 0 Å². The van der Waals surface area contributed by atoms with Crippen molar-refractivity contribution >= 4 is 27.5 Å². The quantitative estimate of drug-likeness (QED) is 0.660. The number of rotatable bonds is 4. The van der Waals surface area contributed by atoms with Crippen LogP contribution in [-0.4, -0.2) is 32.6 Å². The standard InChI is InChI=1S/C14H20BrN3O/c1-19-9-10-4-6-18(7-5-10)13-3-2-11(14(16)17)8-12(13)15/h2-3,8,10H,4-7,9H2,1H3,(H3,16,17). The molecule has 1 aliphatic rings. The predicted octanol–water partition coefficient (Wildman–Crippen LogP) is 2.60. The van der Waals surface area contributed by atoms with Crippen LogP contribution in [0.3, 0.4) is 0 Å². The lowest BCUT2D eigenvalue weighted by Gasteiger charge is -2.34. The molecule has 1 aliphatic heterocycles. The monoisotopic (exact) mass is 325 g/mol. The molecule has 0 atom stereocenters. The number of nitrogen functional groups attached to an aromatic ring is 1. The molecule has 1 aromatic carbocycles. The highest BCUT2D eigenvalue weighted by Gasteiger charge is 2.20. The molecule has 0 amide bonds. The molecule has 0 unspecified atom stereocenters. The van der Waals surface area contributed by atoms with Crippen molar-refractivity contribution in [3.05, 3.63) is 28.2 Å². The molecule has 1 heterocycles. The van der Waals surface area contributed by atoms with E-state index >= 15 is 0 Å². The van der Waals surface area contributed by atoms with Gasteiger partial charge in [0.1, 0.15) is 5.84 Å². The molecule has 0 aromatic heterocycles. The van der Waals surface area contributed by atoms with Crippen LogP contribution < -0.4 is 10.6 Å². The van der Waals surface area contributed by atoms with Gasteiger partial charge in [0.25, 0.3) is 0 Å².